The Bertz CT molecular complexity index is 365. The Morgan fingerprint density at radius 3 is 2.53 bits per heavy atom. The average Bonchev–Trinajstić information content (AvgIpc) is 2.11. The summed E-state index contributed by atoms with van der Waals surface area (Å²) >= 11 is 0. The Morgan fingerprint density at radius 1 is 1.47 bits per heavy atom. The van der Waals surface area contributed by atoms with Gasteiger partial charge >= 0.3 is 6.36 Å². The SMILES string of the molecule is Cc1cnc(CN)c(N)c1OC(F)(F)F. The Morgan fingerprint density at radius 2 is 2.07 bits per heavy atom. The molecule has 0 radical (unpaired) electrons. The van der Waals surface area contributed by atoms with E-state index in [0.717, 1.165) is 0 Å². The van der Waals surface area contributed by atoms with Gasteiger partial charge in [-0.3, -0.25) is 4.98 Å². The zero-order valence-corrected chi connectivity index (χ0v) is 7.93. The van der Waals surface area contributed by atoms with Crippen LogP contribution in [0.5, 0.6) is 5.75 Å². The van der Waals surface area contributed by atoms with Crippen LogP contribution in [-0.4, -0.2) is 11.3 Å². The predicted molar refractivity (Wildman–Crippen MR) is 48.0 cm³/mol. The minimum atomic E-state index is -4.77. The third-order valence-corrected chi connectivity index (χ3v) is 1.74. The summed E-state index contributed by atoms with van der Waals surface area (Å²) in [6.45, 7) is 1.38. The molecule has 0 aliphatic carbocycles. The van der Waals surface area contributed by atoms with Gasteiger partial charge in [-0.05, 0) is 6.92 Å². The number of hydrogen-bond acceptors (Lipinski definition) is 4. The first kappa shape index (κ1) is 11.6. The number of alkyl halides is 3. The maximum absolute atomic E-state index is 12.0. The minimum absolute atomic E-state index is 0.0413. The second-order valence-electron chi connectivity index (χ2n) is 2.88. The van der Waals surface area contributed by atoms with Gasteiger partial charge in [0.2, 0.25) is 0 Å². The van der Waals surface area contributed by atoms with Crippen LogP contribution in [0, 0.1) is 6.92 Å². The van der Waals surface area contributed by atoms with Crippen molar-refractivity contribution in [2.24, 2.45) is 5.73 Å². The van der Waals surface area contributed by atoms with Crippen molar-refractivity contribution < 1.29 is 17.9 Å². The molecule has 1 rings (SSSR count). The maximum atomic E-state index is 12.0. The van der Waals surface area contributed by atoms with Crippen LogP contribution in [0.25, 0.3) is 0 Å². The fourth-order valence-corrected chi connectivity index (χ4v) is 1.06. The molecule has 4 N–H and O–H groups in total. The first-order valence-corrected chi connectivity index (χ1v) is 4.05. The Labute approximate surface area is 84.0 Å². The molecule has 0 saturated heterocycles. The van der Waals surface area contributed by atoms with E-state index in [1.54, 1.807) is 0 Å². The molecular weight excluding hydrogens is 211 g/mol. The van der Waals surface area contributed by atoms with E-state index >= 15 is 0 Å². The molecule has 1 heterocycles. The molecule has 0 saturated carbocycles. The van der Waals surface area contributed by atoms with Gasteiger partial charge in [0.25, 0.3) is 0 Å². The van der Waals surface area contributed by atoms with Crippen molar-refractivity contribution >= 4 is 5.69 Å². The minimum Gasteiger partial charge on any atom is -0.403 e. The summed E-state index contributed by atoms with van der Waals surface area (Å²) in [5, 5.41) is 0. The van der Waals surface area contributed by atoms with Crippen molar-refractivity contribution in [3.63, 3.8) is 0 Å². The lowest BCUT2D eigenvalue weighted by Gasteiger charge is -2.14. The van der Waals surface area contributed by atoms with E-state index in [-0.39, 0.29) is 23.5 Å². The Kier molecular flexibility index (Phi) is 3.04. The van der Waals surface area contributed by atoms with Crippen molar-refractivity contribution in [2.75, 3.05) is 5.73 Å². The molecule has 0 fully saturated rings. The fourth-order valence-electron chi connectivity index (χ4n) is 1.06. The van der Waals surface area contributed by atoms with Crippen LogP contribution in [0.2, 0.25) is 0 Å². The number of hydrogen-bond donors (Lipinski definition) is 2. The quantitative estimate of drug-likeness (QED) is 0.790. The molecule has 4 nitrogen and oxygen atoms in total. The van der Waals surface area contributed by atoms with Gasteiger partial charge in [-0.15, -0.1) is 13.2 Å². The lowest BCUT2D eigenvalue weighted by molar-refractivity contribution is -0.274. The first-order chi connectivity index (χ1) is 6.85. The van der Waals surface area contributed by atoms with Crippen molar-refractivity contribution in [3.8, 4) is 5.75 Å². The third kappa shape index (κ3) is 2.72. The standard InChI is InChI=1S/C8H10F3N3O/c1-4-3-14-5(2-12)6(13)7(4)15-8(9,10)11/h3H,2,12-13H2,1H3. The molecule has 1 aromatic heterocycles. The molecule has 0 amide bonds. The Balaban J connectivity index is 3.15. The number of nitrogen functional groups attached to an aromatic ring is 1. The second-order valence-corrected chi connectivity index (χ2v) is 2.88. The van der Waals surface area contributed by atoms with E-state index in [4.69, 9.17) is 11.5 Å². The first-order valence-electron chi connectivity index (χ1n) is 4.05. The second kappa shape index (κ2) is 3.93. The molecule has 84 valence electrons. The lowest BCUT2D eigenvalue weighted by atomic mass is 10.2. The van der Waals surface area contributed by atoms with E-state index < -0.39 is 12.1 Å². The highest BCUT2D eigenvalue weighted by molar-refractivity contribution is 5.59. The topological polar surface area (TPSA) is 74.2 Å². The molecular formula is C8H10F3N3O. The van der Waals surface area contributed by atoms with Gasteiger partial charge in [-0.2, -0.15) is 0 Å². The zero-order chi connectivity index (χ0) is 11.6. The highest BCUT2D eigenvalue weighted by Gasteiger charge is 2.33. The van der Waals surface area contributed by atoms with E-state index in [1.165, 1.54) is 13.1 Å². The number of ether oxygens (including phenoxy) is 1. The Hall–Kier alpha value is -1.50. The highest BCUT2D eigenvalue weighted by Crippen LogP contribution is 2.32. The van der Waals surface area contributed by atoms with Crippen molar-refractivity contribution in [2.45, 2.75) is 19.8 Å². The van der Waals surface area contributed by atoms with E-state index in [2.05, 4.69) is 9.72 Å². The summed E-state index contributed by atoms with van der Waals surface area (Å²) in [6, 6.07) is 0. The summed E-state index contributed by atoms with van der Waals surface area (Å²) in [5.74, 6) is -0.432. The normalized spacial score (nSPS) is 11.5. The van der Waals surface area contributed by atoms with E-state index in [1.807, 2.05) is 0 Å². The predicted octanol–water partition coefficient (Wildman–Crippen LogP) is 1.33. The summed E-state index contributed by atoms with van der Waals surface area (Å²) in [4.78, 5) is 3.79. The van der Waals surface area contributed by atoms with Gasteiger partial charge < -0.3 is 16.2 Å². The van der Waals surface area contributed by atoms with Crippen molar-refractivity contribution in [3.05, 3.63) is 17.5 Å². The lowest BCUT2D eigenvalue weighted by Crippen LogP contribution is -2.20. The van der Waals surface area contributed by atoms with Gasteiger partial charge in [0.1, 0.15) is 0 Å². The van der Waals surface area contributed by atoms with Gasteiger partial charge in [0.05, 0.1) is 11.4 Å². The van der Waals surface area contributed by atoms with Gasteiger partial charge in [0, 0.05) is 18.3 Å². The number of pyridine rings is 1. The van der Waals surface area contributed by atoms with Crippen LogP contribution in [0.4, 0.5) is 18.9 Å². The molecule has 0 aliphatic heterocycles. The summed E-state index contributed by atoms with van der Waals surface area (Å²) in [5.41, 5.74) is 10.9. The number of nitrogens with two attached hydrogens (primary N) is 2. The molecule has 0 unspecified atom stereocenters. The van der Waals surface area contributed by atoms with Crippen LogP contribution in [0.1, 0.15) is 11.3 Å². The number of nitrogens with zero attached hydrogens (tertiary/aromatic N) is 1. The molecule has 0 aromatic carbocycles. The van der Waals surface area contributed by atoms with Crippen LogP contribution >= 0.6 is 0 Å². The molecule has 7 heteroatoms. The van der Waals surface area contributed by atoms with Crippen LogP contribution in [-0.2, 0) is 6.54 Å². The highest BCUT2D eigenvalue weighted by atomic mass is 19.4. The van der Waals surface area contributed by atoms with Gasteiger partial charge in [0.15, 0.2) is 5.75 Å². The van der Waals surface area contributed by atoms with E-state index in [0.29, 0.717) is 0 Å². The van der Waals surface area contributed by atoms with Crippen LogP contribution < -0.4 is 16.2 Å². The number of halogens is 3. The molecule has 0 spiro atoms. The third-order valence-electron chi connectivity index (χ3n) is 1.74. The average molecular weight is 221 g/mol. The zero-order valence-electron chi connectivity index (χ0n) is 7.93. The molecule has 0 aliphatic rings. The van der Waals surface area contributed by atoms with Crippen LogP contribution in [0.15, 0.2) is 6.20 Å². The molecule has 0 atom stereocenters. The van der Waals surface area contributed by atoms with Crippen molar-refractivity contribution in [1.82, 2.24) is 4.98 Å². The summed E-state index contributed by atoms with van der Waals surface area (Å²) in [6.07, 6.45) is -3.54. The summed E-state index contributed by atoms with van der Waals surface area (Å²) < 4.78 is 39.8. The van der Waals surface area contributed by atoms with Gasteiger partial charge in [-0.1, -0.05) is 0 Å². The molecule has 0 bridgehead atoms. The van der Waals surface area contributed by atoms with Gasteiger partial charge in [-0.25, -0.2) is 0 Å². The number of aromatic nitrogens is 1. The fraction of sp³-hybridized carbons (Fsp3) is 0.375. The number of anilines is 1. The monoisotopic (exact) mass is 221 g/mol. The van der Waals surface area contributed by atoms with E-state index in [9.17, 15) is 13.2 Å². The van der Waals surface area contributed by atoms with Crippen LogP contribution in [0.3, 0.4) is 0 Å². The molecule has 15 heavy (non-hydrogen) atoms. The largest absolute Gasteiger partial charge is 0.573 e. The smallest absolute Gasteiger partial charge is 0.403 e. The summed E-state index contributed by atoms with van der Waals surface area (Å²) in [7, 11) is 0. The molecule has 1 aromatic rings. The number of aryl methyl sites for hydroxylation is 1. The maximum Gasteiger partial charge on any atom is 0.573 e. The van der Waals surface area contributed by atoms with Crippen molar-refractivity contribution in [1.29, 1.82) is 0 Å². The number of rotatable bonds is 2.